The second-order valence-corrected chi connectivity index (χ2v) is 6.75. The Kier molecular flexibility index (Phi) is 3.91. The summed E-state index contributed by atoms with van der Waals surface area (Å²) >= 11 is 0. The lowest BCUT2D eigenvalue weighted by Gasteiger charge is -2.47. The largest absolute Gasteiger partial charge is 0.480 e. The van der Waals surface area contributed by atoms with Crippen molar-refractivity contribution in [1.82, 2.24) is 15.1 Å². The first kappa shape index (κ1) is 14.8. The molecule has 5 heteroatoms. The van der Waals surface area contributed by atoms with Crippen molar-refractivity contribution in [2.45, 2.75) is 37.8 Å². The molecule has 0 aromatic rings. The minimum absolute atomic E-state index is 0.111. The number of rotatable bonds is 5. The van der Waals surface area contributed by atoms with Crippen LogP contribution in [0.15, 0.2) is 0 Å². The number of hydrogen-bond acceptors (Lipinski definition) is 4. The number of aliphatic carboxylic acids is 1. The average Bonchev–Trinajstić information content (AvgIpc) is 3.14. The Labute approximate surface area is 115 Å². The topological polar surface area (TPSA) is 55.8 Å². The first-order valence-corrected chi connectivity index (χ1v) is 7.18. The van der Waals surface area contributed by atoms with Crippen LogP contribution in [0.25, 0.3) is 0 Å². The second-order valence-electron chi connectivity index (χ2n) is 6.75. The zero-order valence-corrected chi connectivity index (χ0v) is 12.6. The van der Waals surface area contributed by atoms with Crippen LogP contribution in [0.5, 0.6) is 0 Å². The number of nitrogens with one attached hydrogen (secondary N) is 1. The highest BCUT2D eigenvalue weighted by Crippen LogP contribution is 2.40. The average molecular weight is 269 g/mol. The molecule has 1 atom stereocenters. The first-order valence-electron chi connectivity index (χ1n) is 7.18. The number of carboxylic acid groups (broad SMARTS) is 1. The van der Waals surface area contributed by atoms with Crippen molar-refractivity contribution >= 4 is 5.97 Å². The zero-order valence-electron chi connectivity index (χ0n) is 12.6. The van der Waals surface area contributed by atoms with E-state index in [1.807, 2.05) is 0 Å². The number of carboxylic acids is 1. The summed E-state index contributed by atoms with van der Waals surface area (Å²) in [5.41, 5.74) is -0.647. The maximum absolute atomic E-state index is 11.7. The van der Waals surface area contributed by atoms with E-state index in [0.717, 1.165) is 32.5 Å². The van der Waals surface area contributed by atoms with Crippen molar-refractivity contribution in [1.29, 1.82) is 0 Å². The van der Waals surface area contributed by atoms with Gasteiger partial charge in [0.05, 0.1) is 0 Å². The third-order valence-corrected chi connectivity index (χ3v) is 4.97. The van der Waals surface area contributed by atoms with Crippen LogP contribution in [0.3, 0.4) is 0 Å². The predicted octanol–water partition coefficient (Wildman–Crippen LogP) is 0.465. The van der Waals surface area contributed by atoms with Gasteiger partial charge in [-0.2, -0.15) is 0 Å². The summed E-state index contributed by atoms with van der Waals surface area (Å²) in [6, 6.07) is 0. The van der Waals surface area contributed by atoms with Crippen LogP contribution in [-0.2, 0) is 4.79 Å². The van der Waals surface area contributed by atoms with Crippen molar-refractivity contribution in [2.75, 3.05) is 40.3 Å². The molecule has 1 aliphatic carbocycles. The second kappa shape index (κ2) is 5.04. The Morgan fingerprint density at radius 2 is 2.05 bits per heavy atom. The van der Waals surface area contributed by atoms with Gasteiger partial charge in [-0.25, -0.2) is 0 Å². The highest BCUT2D eigenvalue weighted by molar-refractivity contribution is 5.80. The van der Waals surface area contributed by atoms with Gasteiger partial charge < -0.3 is 10.4 Å². The molecule has 1 heterocycles. The Bertz CT molecular complexity index is 355. The summed E-state index contributed by atoms with van der Waals surface area (Å²) in [7, 11) is 3.93. The summed E-state index contributed by atoms with van der Waals surface area (Å²) in [5.74, 6) is -0.410. The van der Waals surface area contributed by atoms with Crippen molar-refractivity contribution in [3.05, 3.63) is 0 Å². The SMILES string of the molecule is CNC(CN1CCN(C)C(C)(C)C1)(C(=O)O)C1CC1. The highest BCUT2D eigenvalue weighted by Gasteiger charge is 2.51. The number of nitrogens with zero attached hydrogens (tertiary/aromatic N) is 2. The van der Waals surface area contributed by atoms with E-state index in [1.165, 1.54) is 0 Å². The molecule has 0 spiro atoms. The number of piperazine rings is 1. The Morgan fingerprint density at radius 1 is 1.42 bits per heavy atom. The van der Waals surface area contributed by atoms with E-state index < -0.39 is 11.5 Å². The minimum atomic E-state index is -0.758. The summed E-state index contributed by atoms with van der Waals surface area (Å²) in [5, 5.41) is 12.8. The number of hydrogen-bond donors (Lipinski definition) is 2. The van der Waals surface area contributed by atoms with Crippen LogP contribution in [0, 0.1) is 5.92 Å². The highest BCUT2D eigenvalue weighted by atomic mass is 16.4. The van der Waals surface area contributed by atoms with Gasteiger partial charge in [0.2, 0.25) is 0 Å². The summed E-state index contributed by atoms with van der Waals surface area (Å²) in [4.78, 5) is 16.4. The smallest absolute Gasteiger partial charge is 0.325 e. The van der Waals surface area contributed by atoms with Crippen LogP contribution >= 0.6 is 0 Å². The fourth-order valence-corrected chi connectivity index (χ4v) is 3.17. The maximum atomic E-state index is 11.7. The molecule has 0 bridgehead atoms. The van der Waals surface area contributed by atoms with Gasteiger partial charge in [-0.05, 0) is 46.7 Å². The molecule has 2 fully saturated rings. The molecule has 2 aliphatic rings. The van der Waals surface area contributed by atoms with E-state index in [-0.39, 0.29) is 11.5 Å². The van der Waals surface area contributed by atoms with Crippen LogP contribution in [0.4, 0.5) is 0 Å². The lowest BCUT2D eigenvalue weighted by molar-refractivity contribution is -0.147. The van der Waals surface area contributed by atoms with Crippen LogP contribution in [0.2, 0.25) is 0 Å². The molecule has 5 nitrogen and oxygen atoms in total. The summed E-state index contributed by atoms with van der Waals surface area (Å²) in [6.07, 6.45) is 2.06. The quantitative estimate of drug-likeness (QED) is 0.760. The van der Waals surface area contributed by atoms with E-state index >= 15 is 0 Å². The Hall–Kier alpha value is -0.650. The van der Waals surface area contributed by atoms with Gasteiger partial charge in [0.25, 0.3) is 0 Å². The van der Waals surface area contributed by atoms with Crippen molar-refractivity contribution < 1.29 is 9.90 Å². The molecule has 1 saturated heterocycles. The van der Waals surface area contributed by atoms with Crippen LogP contribution in [-0.4, -0.2) is 72.2 Å². The normalized spacial score (nSPS) is 28.0. The van der Waals surface area contributed by atoms with Gasteiger partial charge in [0.15, 0.2) is 0 Å². The molecule has 2 N–H and O–H groups in total. The molecule has 1 aliphatic heterocycles. The third-order valence-electron chi connectivity index (χ3n) is 4.97. The molecule has 110 valence electrons. The monoisotopic (exact) mass is 269 g/mol. The minimum Gasteiger partial charge on any atom is -0.480 e. The van der Waals surface area contributed by atoms with E-state index in [4.69, 9.17) is 0 Å². The molecule has 0 radical (unpaired) electrons. The van der Waals surface area contributed by atoms with Crippen molar-refractivity contribution in [2.24, 2.45) is 5.92 Å². The Morgan fingerprint density at radius 3 is 2.47 bits per heavy atom. The molecule has 2 rings (SSSR count). The number of carbonyl (C=O) groups is 1. The summed E-state index contributed by atoms with van der Waals surface area (Å²) in [6.45, 7) is 7.92. The maximum Gasteiger partial charge on any atom is 0.325 e. The van der Waals surface area contributed by atoms with Gasteiger partial charge in [0.1, 0.15) is 5.54 Å². The molecule has 0 amide bonds. The van der Waals surface area contributed by atoms with Gasteiger partial charge in [-0.3, -0.25) is 14.6 Å². The van der Waals surface area contributed by atoms with E-state index in [1.54, 1.807) is 7.05 Å². The molecule has 0 aromatic carbocycles. The fraction of sp³-hybridized carbons (Fsp3) is 0.929. The van der Waals surface area contributed by atoms with Gasteiger partial charge in [-0.15, -0.1) is 0 Å². The molecule has 1 unspecified atom stereocenters. The standard InChI is InChI=1S/C14H27N3O2/c1-13(2)9-17(8-7-16(13)4)10-14(15-3,12(18)19)11-5-6-11/h11,15H,5-10H2,1-4H3,(H,18,19). The molecule has 1 saturated carbocycles. The fourth-order valence-electron chi connectivity index (χ4n) is 3.17. The summed E-state index contributed by atoms with van der Waals surface area (Å²) < 4.78 is 0. The van der Waals surface area contributed by atoms with Crippen LogP contribution < -0.4 is 5.32 Å². The predicted molar refractivity (Wildman–Crippen MR) is 75.3 cm³/mol. The molecule has 19 heavy (non-hydrogen) atoms. The van der Waals surface area contributed by atoms with Gasteiger partial charge in [0, 0.05) is 31.7 Å². The van der Waals surface area contributed by atoms with Gasteiger partial charge >= 0.3 is 5.97 Å². The lowest BCUT2D eigenvalue weighted by Crippen LogP contribution is -2.65. The lowest BCUT2D eigenvalue weighted by atomic mass is 9.90. The Balaban J connectivity index is 2.08. The van der Waals surface area contributed by atoms with E-state index in [9.17, 15) is 9.90 Å². The molecular weight excluding hydrogens is 242 g/mol. The van der Waals surface area contributed by atoms with E-state index in [0.29, 0.717) is 6.54 Å². The zero-order chi connectivity index (χ0) is 14.3. The first-order chi connectivity index (χ1) is 8.82. The van der Waals surface area contributed by atoms with Crippen molar-refractivity contribution in [3.8, 4) is 0 Å². The van der Waals surface area contributed by atoms with Crippen LogP contribution in [0.1, 0.15) is 26.7 Å². The van der Waals surface area contributed by atoms with E-state index in [2.05, 4.69) is 36.0 Å². The molecular formula is C14H27N3O2. The molecule has 0 aromatic heterocycles. The number of likely N-dealkylation sites (N-methyl/N-ethyl adjacent to an activating group) is 2. The third kappa shape index (κ3) is 2.78. The van der Waals surface area contributed by atoms with Gasteiger partial charge in [-0.1, -0.05) is 0 Å². The van der Waals surface area contributed by atoms with Crippen molar-refractivity contribution in [3.63, 3.8) is 0 Å².